The van der Waals surface area contributed by atoms with Gasteiger partial charge in [0.05, 0.1) is 42.2 Å². The lowest BCUT2D eigenvalue weighted by Gasteiger charge is -2.28. The zero-order valence-electron chi connectivity index (χ0n) is 51.9. The van der Waals surface area contributed by atoms with Crippen molar-refractivity contribution in [1.29, 1.82) is 0 Å². The number of nitrogens with one attached hydrogen (secondary N) is 3. The van der Waals surface area contributed by atoms with Gasteiger partial charge in [-0.05, 0) is 156 Å². The number of nitrogens with two attached hydrogens (primary N) is 2. The Kier molecular flexibility index (Phi) is 25.2. The van der Waals surface area contributed by atoms with Gasteiger partial charge in [0.2, 0.25) is 0 Å². The fourth-order valence-corrected chi connectivity index (χ4v) is 12.0. The average molecular weight is 1360 g/mol. The van der Waals surface area contributed by atoms with Gasteiger partial charge in [0.15, 0.2) is 0 Å². The van der Waals surface area contributed by atoms with Gasteiger partial charge in [-0.3, -0.25) is 34.3 Å². The van der Waals surface area contributed by atoms with E-state index in [0.29, 0.717) is 35.5 Å². The first kappa shape index (κ1) is 67.4. The van der Waals surface area contributed by atoms with Gasteiger partial charge in [0.1, 0.15) is 11.5 Å². The third-order valence-electron chi connectivity index (χ3n) is 16.0. The molecule has 0 bridgehead atoms. The van der Waals surface area contributed by atoms with Gasteiger partial charge in [0, 0.05) is 127 Å². The maximum Gasteiger partial charge on any atom is 0.335 e. The Hall–Kier alpha value is -9.01. The van der Waals surface area contributed by atoms with Gasteiger partial charge in [0.25, 0.3) is 11.8 Å². The zero-order valence-corrected chi connectivity index (χ0v) is 55.0. The molecule has 13 rings (SSSR count). The minimum absolute atomic E-state index is 0.0151. The topological polar surface area (TPSA) is 214 Å². The molecule has 8 aromatic carbocycles. The number of anilines is 3. The SMILES string of the molecule is COc1ccc(N)c2ncccc12.COc1ccc(Nc2cccc(C(=O)NCCN3CCc4ccccc4C3)c2)c2ncccc12.NCCN1CCc2ccccc2C1.O=C(NCCN1CCc2ccccc2C1)c1cccc(Br)c1.O=C(O)c1cccc(Br)c1. The zero-order chi connectivity index (χ0) is 64.6. The molecular weight excluding hydrogens is 1280 g/mol. The third-order valence-corrected chi connectivity index (χ3v) is 17.0. The predicted molar refractivity (Wildman–Crippen MR) is 376 cm³/mol. The van der Waals surface area contributed by atoms with Gasteiger partial charge >= 0.3 is 5.97 Å². The lowest BCUT2D eigenvalue weighted by Crippen LogP contribution is -2.37. The number of amides is 2. The van der Waals surface area contributed by atoms with E-state index in [1.165, 1.54) is 39.8 Å². The van der Waals surface area contributed by atoms with E-state index >= 15 is 0 Å². The molecule has 0 saturated carbocycles. The molecule has 10 aromatic rings. The van der Waals surface area contributed by atoms with Crippen LogP contribution in [0.15, 0.2) is 215 Å². The van der Waals surface area contributed by atoms with Crippen molar-refractivity contribution in [2.45, 2.75) is 38.9 Å². The first-order valence-corrected chi connectivity index (χ1v) is 32.3. The molecule has 5 heterocycles. The van der Waals surface area contributed by atoms with Crippen LogP contribution in [0, 0.1) is 0 Å². The highest BCUT2D eigenvalue weighted by Crippen LogP contribution is 2.32. The van der Waals surface area contributed by atoms with Crippen LogP contribution in [-0.2, 0) is 38.9 Å². The van der Waals surface area contributed by atoms with E-state index in [2.05, 4.69) is 145 Å². The molecule has 0 unspecified atom stereocenters. The van der Waals surface area contributed by atoms with E-state index in [9.17, 15) is 14.4 Å². The number of aromatic nitrogens is 2. The standard InChI is InChI=1S/C28H28N4O2.C18H19BrN2O.C11H16N2.C10H10N2O.C7H5BrO2/c1-34-26-12-11-25(27-24(26)10-5-14-29-27)31-23-9-4-8-21(18-23)28(33)30-15-17-32-16-13-20-6-2-3-7-22(20)19-32;19-17-7-3-6-15(12-17)18(22)20-9-11-21-10-8-14-4-1-2-5-16(14)13-21;12-6-8-13-7-5-10-3-1-2-4-11(10)9-13;1-13-9-5-4-8(11)10-7(9)3-2-6-12-10;8-6-3-1-2-5(4-6)7(9)10/h2-12,14,18,31H,13,15-17,19H2,1H3,(H,30,33);1-7,12H,8-11,13H2,(H,20,22);1-4H,5-9,12H2;2-6H,11H2,1H3;1-4H,(H,9,10). The summed E-state index contributed by atoms with van der Waals surface area (Å²) in [5, 5.41) is 19.8. The Morgan fingerprint density at radius 3 is 1.41 bits per heavy atom. The molecule has 0 atom stereocenters. The number of aromatic carboxylic acids is 1. The summed E-state index contributed by atoms with van der Waals surface area (Å²) in [5.41, 5.74) is 25.6. The highest BCUT2D eigenvalue weighted by molar-refractivity contribution is 9.10. The van der Waals surface area contributed by atoms with Gasteiger partial charge in [-0.2, -0.15) is 0 Å². The number of rotatable bonds is 15. The van der Waals surface area contributed by atoms with Crippen LogP contribution in [0.1, 0.15) is 64.5 Å². The summed E-state index contributed by atoms with van der Waals surface area (Å²) in [6, 6.07) is 62.7. The molecule has 92 heavy (non-hydrogen) atoms. The fourth-order valence-electron chi connectivity index (χ4n) is 11.2. The number of hydrogen-bond donors (Lipinski definition) is 6. The van der Waals surface area contributed by atoms with Crippen molar-refractivity contribution in [2.24, 2.45) is 5.73 Å². The van der Waals surface area contributed by atoms with Crippen LogP contribution in [-0.4, -0.2) is 121 Å². The third kappa shape index (κ3) is 19.3. The molecular formula is C74H78Br2N10O6. The van der Waals surface area contributed by atoms with Crippen LogP contribution in [0.25, 0.3) is 21.8 Å². The summed E-state index contributed by atoms with van der Waals surface area (Å²) in [6.07, 6.45) is 6.81. The van der Waals surface area contributed by atoms with Crippen molar-refractivity contribution in [3.05, 3.63) is 266 Å². The molecule has 474 valence electrons. The van der Waals surface area contributed by atoms with E-state index in [1.807, 2.05) is 91.0 Å². The Balaban J connectivity index is 0.000000147. The van der Waals surface area contributed by atoms with Gasteiger partial charge in [-0.1, -0.05) is 123 Å². The lowest BCUT2D eigenvalue weighted by atomic mass is 10.00. The summed E-state index contributed by atoms with van der Waals surface area (Å²) < 4.78 is 12.4. The smallest absolute Gasteiger partial charge is 0.335 e. The molecule has 2 aromatic heterocycles. The summed E-state index contributed by atoms with van der Waals surface area (Å²) in [6.45, 7) is 11.0. The van der Waals surface area contributed by atoms with Crippen molar-refractivity contribution in [2.75, 3.05) is 84.2 Å². The van der Waals surface area contributed by atoms with E-state index in [4.69, 9.17) is 26.0 Å². The van der Waals surface area contributed by atoms with E-state index in [1.54, 1.807) is 56.9 Å². The Morgan fingerprint density at radius 1 is 0.500 bits per heavy atom. The lowest BCUT2D eigenvalue weighted by molar-refractivity contribution is 0.0696. The molecule has 0 aliphatic carbocycles. The van der Waals surface area contributed by atoms with Crippen LogP contribution < -0.4 is 36.9 Å². The number of hydrogen-bond acceptors (Lipinski definition) is 13. The maximum atomic E-state index is 12.8. The molecule has 0 spiro atoms. The Labute approximate surface area is 555 Å². The number of pyridine rings is 2. The van der Waals surface area contributed by atoms with Crippen LogP contribution in [0.4, 0.5) is 17.1 Å². The second-order valence-electron chi connectivity index (χ2n) is 22.2. The van der Waals surface area contributed by atoms with Crippen LogP contribution >= 0.6 is 31.9 Å². The van der Waals surface area contributed by atoms with E-state index in [0.717, 1.165) is 132 Å². The Morgan fingerprint density at radius 2 is 0.935 bits per heavy atom. The first-order chi connectivity index (χ1) is 44.9. The second-order valence-corrected chi connectivity index (χ2v) is 24.0. The highest BCUT2D eigenvalue weighted by atomic mass is 79.9. The number of fused-ring (bicyclic) bond motifs is 5. The molecule has 3 aliphatic heterocycles. The number of carboxylic acid groups (broad SMARTS) is 1. The van der Waals surface area contributed by atoms with Crippen molar-refractivity contribution in [3.63, 3.8) is 0 Å². The van der Waals surface area contributed by atoms with Crippen LogP contribution in [0.3, 0.4) is 0 Å². The van der Waals surface area contributed by atoms with E-state index in [-0.39, 0.29) is 11.8 Å². The molecule has 2 amide bonds. The summed E-state index contributed by atoms with van der Waals surface area (Å²) in [4.78, 5) is 51.1. The molecule has 8 N–H and O–H groups in total. The number of methoxy groups -OCH3 is 2. The molecule has 0 saturated heterocycles. The highest BCUT2D eigenvalue weighted by Gasteiger charge is 2.19. The minimum atomic E-state index is -0.902. The summed E-state index contributed by atoms with van der Waals surface area (Å²) in [5.74, 6) is 0.593. The number of ether oxygens (including phenoxy) is 2. The van der Waals surface area contributed by atoms with Gasteiger partial charge in [-0.25, -0.2) is 4.79 Å². The number of carbonyl (C=O) groups is 3. The van der Waals surface area contributed by atoms with Gasteiger partial charge in [-0.15, -0.1) is 0 Å². The number of halogens is 2. The van der Waals surface area contributed by atoms with Crippen LogP contribution in [0.5, 0.6) is 11.5 Å². The number of nitrogens with zero attached hydrogens (tertiary/aromatic N) is 5. The molecule has 18 heteroatoms. The van der Waals surface area contributed by atoms with Crippen molar-refractivity contribution < 1.29 is 29.0 Å². The van der Waals surface area contributed by atoms with Gasteiger partial charge < -0.3 is 42.0 Å². The van der Waals surface area contributed by atoms with Crippen molar-refractivity contribution in [1.82, 2.24) is 35.3 Å². The summed E-state index contributed by atoms with van der Waals surface area (Å²) >= 11 is 6.56. The molecule has 16 nitrogen and oxygen atoms in total. The number of carbonyl (C=O) groups excluding carboxylic acids is 2. The summed E-state index contributed by atoms with van der Waals surface area (Å²) in [7, 11) is 3.29. The quantitative estimate of drug-likeness (QED) is 0.0527. The number of carboxylic acids is 1. The minimum Gasteiger partial charge on any atom is -0.496 e. The largest absolute Gasteiger partial charge is 0.496 e. The van der Waals surface area contributed by atoms with Crippen LogP contribution in [0.2, 0.25) is 0 Å². The fraction of sp³-hybridized carbons (Fsp3) is 0.230. The molecule has 0 fully saturated rings. The number of nitrogen functional groups attached to an aromatic ring is 1. The van der Waals surface area contributed by atoms with E-state index < -0.39 is 5.97 Å². The Bertz CT molecular complexity index is 4100. The van der Waals surface area contributed by atoms with Crippen molar-refractivity contribution in [3.8, 4) is 11.5 Å². The monoisotopic (exact) mass is 1360 g/mol. The first-order valence-electron chi connectivity index (χ1n) is 30.7. The maximum absolute atomic E-state index is 12.8. The molecule has 3 aliphatic rings. The van der Waals surface area contributed by atoms with Crippen molar-refractivity contribution >= 4 is 88.5 Å². The average Bonchev–Trinajstić information content (AvgIpc) is 0.901. The second kappa shape index (κ2) is 34.4. The molecule has 0 radical (unpaired) electrons. The predicted octanol–water partition coefficient (Wildman–Crippen LogP) is 13.0. The number of benzene rings is 8. The normalized spacial score (nSPS) is 13.2.